The summed E-state index contributed by atoms with van der Waals surface area (Å²) in [5, 5.41) is 0. The van der Waals surface area contributed by atoms with Crippen molar-refractivity contribution in [3.05, 3.63) is 0 Å². The molecule has 0 radical (unpaired) electrons. The fraction of sp³-hybridized carbons (Fsp3) is 1.00. The molecule has 2 rings (SSSR count). The molecule has 2 saturated carbocycles. The van der Waals surface area contributed by atoms with Gasteiger partial charge in [-0.2, -0.15) is 0 Å². The zero-order valence-corrected chi connectivity index (χ0v) is 16.1. The van der Waals surface area contributed by atoms with Crippen molar-refractivity contribution in [1.29, 1.82) is 0 Å². The molecule has 2 aliphatic carbocycles. The first-order valence-corrected chi connectivity index (χ1v) is 12.6. The second kappa shape index (κ2) is 9.50. The topological polar surface area (TPSA) is 92.3 Å². The lowest BCUT2D eigenvalue weighted by atomic mass is 9.91. The van der Waals surface area contributed by atoms with Crippen molar-refractivity contribution in [2.75, 3.05) is 24.6 Å². The summed E-state index contributed by atoms with van der Waals surface area (Å²) in [5.74, 6) is 0.836. The predicted octanol–water partition coefficient (Wildman–Crippen LogP) is 1.99. The van der Waals surface area contributed by atoms with Gasteiger partial charge in [0, 0.05) is 13.1 Å². The largest absolute Gasteiger partial charge is 0.214 e. The smallest absolute Gasteiger partial charge is 0.211 e. The van der Waals surface area contributed by atoms with Gasteiger partial charge in [0.1, 0.15) is 0 Å². The average Bonchev–Trinajstić information content (AvgIpc) is 2.53. The minimum Gasteiger partial charge on any atom is -0.214 e. The van der Waals surface area contributed by atoms with Gasteiger partial charge in [-0.25, -0.2) is 26.3 Å². The number of hydrogen-bond acceptors (Lipinski definition) is 4. The van der Waals surface area contributed by atoms with Crippen LogP contribution in [-0.4, -0.2) is 41.4 Å². The second-order valence-electron chi connectivity index (χ2n) is 7.36. The Morgan fingerprint density at radius 3 is 1.25 bits per heavy atom. The van der Waals surface area contributed by atoms with Gasteiger partial charge in [-0.15, -0.1) is 0 Å². The van der Waals surface area contributed by atoms with Gasteiger partial charge in [-0.05, 0) is 37.5 Å². The van der Waals surface area contributed by atoms with E-state index in [0.717, 1.165) is 51.4 Å². The second-order valence-corrected chi connectivity index (χ2v) is 11.1. The first-order chi connectivity index (χ1) is 11.4. The molecule has 2 fully saturated rings. The van der Waals surface area contributed by atoms with Crippen LogP contribution >= 0.6 is 0 Å². The lowest BCUT2D eigenvalue weighted by Gasteiger charge is -2.22. The predicted molar refractivity (Wildman–Crippen MR) is 96.7 cm³/mol. The Morgan fingerprint density at radius 1 is 0.583 bits per heavy atom. The zero-order chi connectivity index (χ0) is 17.5. The summed E-state index contributed by atoms with van der Waals surface area (Å²) in [6, 6.07) is 0. The first kappa shape index (κ1) is 20.1. The van der Waals surface area contributed by atoms with E-state index >= 15 is 0 Å². The van der Waals surface area contributed by atoms with Crippen molar-refractivity contribution >= 4 is 20.0 Å². The van der Waals surface area contributed by atoms with Crippen LogP contribution in [0.1, 0.15) is 64.2 Å². The molecular weight excluding hydrogens is 348 g/mol. The summed E-state index contributed by atoms with van der Waals surface area (Å²) in [6.07, 6.45) is 10.8. The standard InChI is InChI=1S/C16H32N2O4S2/c19-23(20,13-15-7-3-1-4-8-15)17-11-12-18-24(21,22)14-16-9-5-2-6-10-16/h15-18H,1-14H2. The maximum atomic E-state index is 12.1. The minimum absolute atomic E-state index is 0.124. The highest BCUT2D eigenvalue weighted by molar-refractivity contribution is 7.89. The molecule has 0 unspecified atom stereocenters. The van der Waals surface area contributed by atoms with E-state index < -0.39 is 20.0 Å². The molecule has 0 amide bonds. The van der Waals surface area contributed by atoms with Crippen LogP contribution < -0.4 is 9.44 Å². The fourth-order valence-electron chi connectivity index (χ4n) is 3.86. The van der Waals surface area contributed by atoms with Gasteiger partial charge in [0.2, 0.25) is 20.0 Å². The zero-order valence-electron chi connectivity index (χ0n) is 14.5. The van der Waals surface area contributed by atoms with Gasteiger partial charge in [0.15, 0.2) is 0 Å². The van der Waals surface area contributed by atoms with E-state index in [9.17, 15) is 16.8 Å². The Hall–Kier alpha value is -0.180. The number of hydrogen-bond donors (Lipinski definition) is 2. The number of rotatable bonds is 9. The molecule has 0 aliphatic heterocycles. The molecule has 0 bridgehead atoms. The highest BCUT2D eigenvalue weighted by atomic mass is 32.2. The summed E-state index contributed by atoms with van der Waals surface area (Å²) in [7, 11) is -6.62. The Balaban J connectivity index is 1.65. The van der Waals surface area contributed by atoms with Crippen molar-refractivity contribution in [2.45, 2.75) is 64.2 Å². The van der Waals surface area contributed by atoms with Gasteiger partial charge < -0.3 is 0 Å². The Morgan fingerprint density at radius 2 is 0.917 bits per heavy atom. The van der Waals surface area contributed by atoms with Crippen LogP contribution in [0.15, 0.2) is 0 Å². The van der Waals surface area contributed by atoms with E-state index in [4.69, 9.17) is 0 Å². The van der Waals surface area contributed by atoms with E-state index in [1.807, 2.05) is 0 Å². The van der Waals surface area contributed by atoms with Crippen LogP contribution in [0.2, 0.25) is 0 Å². The molecule has 8 heteroatoms. The third-order valence-electron chi connectivity index (χ3n) is 5.13. The highest BCUT2D eigenvalue weighted by Gasteiger charge is 2.22. The van der Waals surface area contributed by atoms with Crippen molar-refractivity contribution in [2.24, 2.45) is 11.8 Å². The molecule has 0 spiro atoms. The summed E-state index contributed by atoms with van der Waals surface area (Å²) in [5.41, 5.74) is 0. The molecule has 24 heavy (non-hydrogen) atoms. The van der Waals surface area contributed by atoms with Crippen LogP contribution in [0, 0.1) is 11.8 Å². The monoisotopic (exact) mass is 380 g/mol. The van der Waals surface area contributed by atoms with Crippen molar-refractivity contribution in [3.63, 3.8) is 0 Å². The normalized spacial score (nSPS) is 21.8. The van der Waals surface area contributed by atoms with Crippen LogP contribution in [0.5, 0.6) is 0 Å². The van der Waals surface area contributed by atoms with Gasteiger partial charge in [0.25, 0.3) is 0 Å². The minimum atomic E-state index is -3.31. The van der Waals surface area contributed by atoms with Gasteiger partial charge in [-0.3, -0.25) is 0 Å². The Kier molecular flexibility index (Phi) is 7.97. The molecule has 6 nitrogen and oxygen atoms in total. The summed E-state index contributed by atoms with van der Waals surface area (Å²) in [4.78, 5) is 0. The quantitative estimate of drug-likeness (QED) is 0.598. The first-order valence-electron chi connectivity index (χ1n) is 9.31. The third kappa shape index (κ3) is 7.80. The molecule has 2 N–H and O–H groups in total. The van der Waals surface area contributed by atoms with E-state index in [0.29, 0.717) is 0 Å². The summed E-state index contributed by atoms with van der Waals surface area (Å²) < 4.78 is 53.3. The van der Waals surface area contributed by atoms with Gasteiger partial charge >= 0.3 is 0 Å². The van der Waals surface area contributed by atoms with E-state index in [2.05, 4.69) is 9.44 Å². The molecule has 142 valence electrons. The van der Waals surface area contributed by atoms with E-state index in [1.54, 1.807) is 0 Å². The van der Waals surface area contributed by atoms with E-state index in [1.165, 1.54) is 12.8 Å². The lowest BCUT2D eigenvalue weighted by Crippen LogP contribution is -2.38. The molecule has 0 saturated heterocycles. The third-order valence-corrected chi connectivity index (χ3v) is 8.24. The molecule has 0 heterocycles. The van der Waals surface area contributed by atoms with Gasteiger partial charge in [0.05, 0.1) is 11.5 Å². The molecule has 2 aliphatic rings. The maximum Gasteiger partial charge on any atom is 0.211 e. The van der Waals surface area contributed by atoms with Gasteiger partial charge in [-0.1, -0.05) is 38.5 Å². The van der Waals surface area contributed by atoms with Crippen molar-refractivity contribution in [1.82, 2.24) is 9.44 Å². The van der Waals surface area contributed by atoms with Crippen LogP contribution in [0.4, 0.5) is 0 Å². The van der Waals surface area contributed by atoms with Crippen LogP contribution in [0.3, 0.4) is 0 Å². The molecule has 0 atom stereocenters. The fourth-order valence-corrected chi connectivity index (χ4v) is 6.83. The number of nitrogens with one attached hydrogen (secondary N) is 2. The Bertz CT molecular complexity index is 511. The van der Waals surface area contributed by atoms with Crippen LogP contribution in [0.25, 0.3) is 0 Å². The molecular formula is C16H32N2O4S2. The SMILES string of the molecule is O=S(=O)(CC1CCCCC1)NCCNS(=O)(=O)CC1CCCCC1. The Labute approximate surface area is 147 Å². The van der Waals surface area contributed by atoms with Crippen molar-refractivity contribution in [3.8, 4) is 0 Å². The maximum absolute atomic E-state index is 12.1. The summed E-state index contributed by atoms with van der Waals surface area (Å²) in [6.45, 7) is 0.248. The molecule has 0 aromatic heterocycles. The molecule has 0 aromatic carbocycles. The van der Waals surface area contributed by atoms with Crippen molar-refractivity contribution < 1.29 is 16.8 Å². The summed E-state index contributed by atoms with van der Waals surface area (Å²) >= 11 is 0. The lowest BCUT2D eigenvalue weighted by molar-refractivity contribution is 0.383. The highest BCUT2D eigenvalue weighted by Crippen LogP contribution is 2.25. The number of sulfonamides is 2. The van der Waals surface area contributed by atoms with E-state index in [-0.39, 0.29) is 36.4 Å². The molecule has 0 aromatic rings. The average molecular weight is 381 g/mol. The van der Waals surface area contributed by atoms with Crippen LogP contribution in [-0.2, 0) is 20.0 Å².